The molecule has 21 heavy (non-hydrogen) atoms. The number of ether oxygens (including phenoxy) is 2. The van der Waals surface area contributed by atoms with Crippen molar-refractivity contribution >= 4 is 5.78 Å². The third kappa shape index (κ3) is 9.99. The van der Waals surface area contributed by atoms with Crippen LogP contribution in [0.25, 0.3) is 0 Å². The van der Waals surface area contributed by atoms with Crippen LogP contribution in [0, 0.1) is 11.8 Å². The van der Waals surface area contributed by atoms with Crippen molar-refractivity contribution in [3.05, 3.63) is 0 Å². The minimum atomic E-state index is 0.0439. The number of nitrogens with one attached hydrogen (secondary N) is 1. The lowest BCUT2D eigenvalue weighted by Crippen LogP contribution is -2.46. The first-order chi connectivity index (χ1) is 9.81. The van der Waals surface area contributed by atoms with Crippen LogP contribution < -0.4 is 5.32 Å². The molecule has 0 spiro atoms. The summed E-state index contributed by atoms with van der Waals surface area (Å²) >= 11 is 0. The van der Waals surface area contributed by atoms with E-state index < -0.39 is 0 Å². The number of hydrogen-bond acceptors (Lipinski definition) is 4. The van der Waals surface area contributed by atoms with Crippen LogP contribution in [0.3, 0.4) is 0 Å². The van der Waals surface area contributed by atoms with Gasteiger partial charge in [0, 0.05) is 18.0 Å². The fourth-order valence-corrected chi connectivity index (χ4v) is 1.97. The molecule has 0 amide bonds. The zero-order chi connectivity index (χ0) is 16.3. The van der Waals surface area contributed by atoms with Gasteiger partial charge in [-0.25, -0.2) is 0 Å². The molecule has 1 unspecified atom stereocenters. The largest absolute Gasteiger partial charge is 0.378 e. The van der Waals surface area contributed by atoms with Gasteiger partial charge in [-0.05, 0) is 26.2 Å². The van der Waals surface area contributed by atoms with E-state index in [4.69, 9.17) is 9.47 Å². The Balaban J connectivity index is 3.53. The Kier molecular flexibility index (Phi) is 10.9. The monoisotopic (exact) mass is 301 g/mol. The van der Waals surface area contributed by atoms with Gasteiger partial charge in [0.05, 0.1) is 19.8 Å². The van der Waals surface area contributed by atoms with Gasteiger partial charge in [-0.2, -0.15) is 0 Å². The lowest BCUT2D eigenvalue weighted by atomic mass is 9.86. The quantitative estimate of drug-likeness (QED) is 0.531. The van der Waals surface area contributed by atoms with Gasteiger partial charge in [0.15, 0.2) is 5.78 Å². The Hall–Kier alpha value is -0.450. The van der Waals surface area contributed by atoms with Gasteiger partial charge in [-0.15, -0.1) is 0 Å². The Bertz CT molecular complexity index is 277. The predicted octanol–water partition coefficient (Wildman–Crippen LogP) is 3.05. The zero-order valence-electron chi connectivity index (χ0n) is 14.8. The van der Waals surface area contributed by atoms with Crippen LogP contribution >= 0.6 is 0 Å². The molecule has 0 heterocycles. The van der Waals surface area contributed by atoms with Gasteiger partial charge < -0.3 is 14.8 Å². The molecule has 0 aliphatic carbocycles. The summed E-state index contributed by atoms with van der Waals surface area (Å²) in [6, 6.07) is 0. The van der Waals surface area contributed by atoms with Crippen LogP contribution in [-0.4, -0.2) is 44.3 Å². The fraction of sp³-hybridized carbons (Fsp3) is 0.941. The highest BCUT2D eigenvalue weighted by atomic mass is 16.5. The van der Waals surface area contributed by atoms with E-state index in [0.29, 0.717) is 25.7 Å². The minimum absolute atomic E-state index is 0.0439. The van der Waals surface area contributed by atoms with Gasteiger partial charge in [0.25, 0.3) is 0 Å². The molecular formula is C17H35NO3. The number of carbonyl (C=O) groups is 1. The first kappa shape index (κ1) is 20.6. The van der Waals surface area contributed by atoms with E-state index in [1.54, 1.807) is 0 Å². The molecule has 0 rings (SSSR count). The van der Waals surface area contributed by atoms with Crippen LogP contribution in [-0.2, 0) is 14.3 Å². The van der Waals surface area contributed by atoms with Gasteiger partial charge in [0.2, 0.25) is 0 Å². The summed E-state index contributed by atoms with van der Waals surface area (Å²) in [5.74, 6) is 0.832. The van der Waals surface area contributed by atoms with Crippen LogP contribution in [0.1, 0.15) is 54.4 Å². The standard InChI is InChI=1S/C17H35NO3/c1-7-8-15(4)17(5,6)18-9-10-20-11-12-21-13-16(19)14(2)3/h14-15,18H,7-13H2,1-6H3. The van der Waals surface area contributed by atoms with Gasteiger partial charge in [-0.1, -0.05) is 34.1 Å². The molecule has 126 valence electrons. The van der Waals surface area contributed by atoms with E-state index in [9.17, 15) is 4.79 Å². The number of Topliss-reactive ketones (excluding diaryl/α,β-unsaturated/α-hetero) is 1. The van der Waals surface area contributed by atoms with Crippen molar-refractivity contribution in [1.82, 2.24) is 5.32 Å². The first-order valence-corrected chi connectivity index (χ1v) is 8.24. The molecule has 4 heteroatoms. The highest BCUT2D eigenvalue weighted by molar-refractivity contribution is 5.81. The summed E-state index contributed by atoms with van der Waals surface area (Å²) in [5, 5.41) is 3.55. The maximum Gasteiger partial charge on any atom is 0.160 e. The van der Waals surface area contributed by atoms with Gasteiger partial charge in [-0.3, -0.25) is 4.79 Å². The van der Waals surface area contributed by atoms with Crippen molar-refractivity contribution < 1.29 is 14.3 Å². The third-order valence-corrected chi connectivity index (χ3v) is 4.04. The van der Waals surface area contributed by atoms with E-state index in [2.05, 4.69) is 33.0 Å². The average molecular weight is 301 g/mol. The molecule has 0 aromatic rings. The molecule has 4 nitrogen and oxygen atoms in total. The molecule has 0 bridgehead atoms. The second-order valence-corrected chi connectivity index (χ2v) is 6.62. The molecule has 1 atom stereocenters. The molecule has 0 aromatic carbocycles. The van der Waals surface area contributed by atoms with E-state index in [1.807, 2.05) is 13.8 Å². The second-order valence-electron chi connectivity index (χ2n) is 6.62. The smallest absolute Gasteiger partial charge is 0.160 e. The number of hydrogen-bond donors (Lipinski definition) is 1. The van der Waals surface area contributed by atoms with E-state index in [1.165, 1.54) is 12.8 Å². The Morgan fingerprint density at radius 3 is 2.29 bits per heavy atom. The lowest BCUT2D eigenvalue weighted by molar-refractivity contribution is -0.127. The minimum Gasteiger partial charge on any atom is -0.378 e. The molecule has 0 radical (unpaired) electrons. The van der Waals surface area contributed by atoms with E-state index in [-0.39, 0.29) is 23.8 Å². The SMILES string of the molecule is CCCC(C)C(C)(C)NCCOCCOCC(=O)C(C)C. The van der Waals surface area contributed by atoms with Crippen molar-refractivity contribution in [3.8, 4) is 0 Å². The van der Waals surface area contributed by atoms with Crippen LogP contribution in [0.15, 0.2) is 0 Å². The van der Waals surface area contributed by atoms with E-state index in [0.717, 1.165) is 6.54 Å². The summed E-state index contributed by atoms with van der Waals surface area (Å²) < 4.78 is 10.8. The molecule has 0 saturated heterocycles. The first-order valence-electron chi connectivity index (χ1n) is 8.24. The van der Waals surface area contributed by atoms with Gasteiger partial charge in [0.1, 0.15) is 6.61 Å². The Morgan fingerprint density at radius 1 is 1.10 bits per heavy atom. The van der Waals surface area contributed by atoms with Crippen LogP contribution in [0.4, 0.5) is 0 Å². The molecule has 1 N–H and O–H groups in total. The van der Waals surface area contributed by atoms with Gasteiger partial charge >= 0.3 is 0 Å². The fourth-order valence-electron chi connectivity index (χ4n) is 1.97. The lowest BCUT2D eigenvalue weighted by Gasteiger charge is -2.33. The number of rotatable bonds is 13. The third-order valence-electron chi connectivity index (χ3n) is 4.04. The normalized spacial score (nSPS) is 13.7. The summed E-state index contributed by atoms with van der Waals surface area (Å²) in [6.07, 6.45) is 2.45. The van der Waals surface area contributed by atoms with Crippen LogP contribution in [0.5, 0.6) is 0 Å². The summed E-state index contributed by atoms with van der Waals surface area (Å²) in [4.78, 5) is 11.3. The van der Waals surface area contributed by atoms with Crippen LogP contribution in [0.2, 0.25) is 0 Å². The molecule has 0 aliphatic rings. The predicted molar refractivity (Wildman–Crippen MR) is 87.6 cm³/mol. The average Bonchev–Trinajstić information content (AvgIpc) is 2.41. The molecule has 0 saturated carbocycles. The highest BCUT2D eigenvalue weighted by Gasteiger charge is 2.23. The second kappa shape index (κ2) is 11.2. The number of carbonyl (C=O) groups excluding carboxylic acids is 1. The Morgan fingerprint density at radius 2 is 1.71 bits per heavy atom. The molecule has 0 fully saturated rings. The summed E-state index contributed by atoms with van der Waals surface area (Å²) in [5.41, 5.74) is 0.138. The van der Waals surface area contributed by atoms with Crippen molar-refractivity contribution in [2.24, 2.45) is 11.8 Å². The highest BCUT2D eigenvalue weighted by Crippen LogP contribution is 2.20. The Labute approximate surface area is 131 Å². The van der Waals surface area contributed by atoms with Crippen molar-refractivity contribution in [2.45, 2.75) is 59.9 Å². The molecule has 0 aromatic heterocycles. The summed E-state index contributed by atoms with van der Waals surface area (Å²) in [6.45, 7) is 15.5. The van der Waals surface area contributed by atoms with E-state index >= 15 is 0 Å². The maximum atomic E-state index is 11.3. The topological polar surface area (TPSA) is 47.6 Å². The zero-order valence-corrected chi connectivity index (χ0v) is 14.8. The molecule has 0 aliphatic heterocycles. The van der Waals surface area contributed by atoms with Crippen molar-refractivity contribution in [3.63, 3.8) is 0 Å². The molecular weight excluding hydrogens is 266 g/mol. The van der Waals surface area contributed by atoms with Crippen molar-refractivity contribution in [2.75, 3.05) is 33.0 Å². The summed E-state index contributed by atoms with van der Waals surface area (Å²) in [7, 11) is 0. The maximum absolute atomic E-state index is 11.3. The van der Waals surface area contributed by atoms with Crippen molar-refractivity contribution in [1.29, 1.82) is 0 Å². The number of ketones is 1.